The van der Waals surface area contributed by atoms with Gasteiger partial charge in [-0.05, 0) is 13.8 Å². The van der Waals surface area contributed by atoms with Crippen molar-refractivity contribution in [2.24, 2.45) is 4.99 Å². The van der Waals surface area contributed by atoms with Gasteiger partial charge in [-0.25, -0.2) is 0 Å². The fraction of sp³-hybridized carbons (Fsp3) is 0.714. The third-order valence-electron chi connectivity index (χ3n) is 1.28. The second-order valence-corrected chi connectivity index (χ2v) is 2.57. The minimum absolute atomic E-state index is 0.504. The van der Waals surface area contributed by atoms with Crippen molar-refractivity contribution < 1.29 is 9.90 Å². The molecule has 0 aromatic carbocycles. The molecule has 0 radical (unpaired) electrons. The van der Waals surface area contributed by atoms with Gasteiger partial charge in [0, 0.05) is 14.1 Å². The second-order valence-electron chi connectivity index (χ2n) is 2.57. The van der Waals surface area contributed by atoms with Gasteiger partial charge in [-0.3, -0.25) is 4.79 Å². The summed E-state index contributed by atoms with van der Waals surface area (Å²) in [5.74, 6) is 0.0899. The monoisotopic (exact) mass is 158 g/mol. The predicted molar refractivity (Wildman–Crippen MR) is 43.5 cm³/mol. The highest BCUT2D eigenvalue weighted by atomic mass is 16.3. The summed E-state index contributed by atoms with van der Waals surface area (Å²) in [6, 6.07) is 0. The van der Waals surface area contributed by atoms with Crippen LogP contribution in [0.2, 0.25) is 0 Å². The number of aliphatic hydroxyl groups is 1. The molecule has 0 saturated heterocycles. The number of aliphatic hydroxyl groups excluding tert-OH is 1. The molecule has 0 bridgehead atoms. The average molecular weight is 158 g/mol. The van der Waals surface area contributed by atoms with Gasteiger partial charge in [0.05, 0.1) is 0 Å². The Kier molecular flexibility index (Phi) is 3.74. The number of hydrogen-bond donors (Lipinski definition) is 1. The molecule has 0 aromatic heterocycles. The van der Waals surface area contributed by atoms with Crippen molar-refractivity contribution in [1.82, 2.24) is 4.90 Å². The highest BCUT2D eigenvalue weighted by Crippen LogP contribution is 1.89. The van der Waals surface area contributed by atoms with E-state index in [0.717, 1.165) is 0 Å². The SMILES string of the molecule is CC(=NC(=O)[C@@H](C)O)N(C)C. The van der Waals surface area contributed by atoms with Crippen molar-refractivity contribution in [2.45, 2.75) is 20.0 Å². The molecule has 0 aliphatic rings. The summed E-state index contributed by atoms with van der Waals surface area (Å²) in [4.78, 5) is 16.1. The van der Waals surface area contributed by atoms with Crippen molar-refractivity contribution in [2.75, 3.05) is 14.1 Å². The van der Waals surface area contributed by atoms with Crippen LogP contribution in [-0.2, 0) is 4.79 Å². The van der Waals surface area contributed by atoms with Crippen LogP contribution in [0.15, 0.2) is 4.99 Å². The molecule has 4 heteroatoms. The zero-order chi connectivity index (χ0) is 9.02. The molecule has 0 heterocycles. The predicted octanol–water partition coefficient (Wildman–Crippen LogP) is -0.126. The van der Waals surface area contributed by atoms with Crippen LogP contribution in [0.25, 0.3) is 0 Å². The molecule has 0 aromatic rings. The first kappa shape index (κ1) is 10.1. The normalized spacial score (nSPS) is 14.5. The average Bonchev–Trinajstić information content (AvgIpc) is 1.87. The number of amides is 1. The number of nitrogens with zero attached hydrogens (tertiary/aromatic N) is 2. The number of carbonyl (C=O) groups is 1. The van der Waals surface area contributed by atoms with Crippen molar-refractivity contribution >= 4 is 11.7 Å². The number of rotatable bonds is 1. The molecule has 1 N–H and O–H groups in total. The lowest BCUT2D eigenvalue weighted by atomic mass is 10.4. The Hall–Kier alpha value is -0.900. The third kappa shape index (κ3) is 3.72. The van der Waals surface area contributed by atoms with Crippen LogP contribution >= 0.6 is 0 Å². The molecule has 0 aliphatic carbocycles. The third-order valence-corrected chi connectivity index (χ3v) is 1.28. The molecule has 11 heavy (non-hydrogen) atoms. The summed E-state index contributed by atoms with van der Waals surface area (Å²) in [6.07, 6.45) is -1.01. The standard InChI is InChI=1S/C7H14N2O2/c1-5(10)7(11)8-6(2)9(3)4/h5,10H,1-4H3/t5-/m1/s1. The van der Waals surface area contributed by atoms with E-state index in [1.807, 2.05) is 0 Å². The molecule has 0 fully saturated rings. The lowest BCUT2D eigenvalue weighted by molar-refractivity contribution is -0.124. The summed E-state index contributed by atoms with van der Waals surface area (Å²) in [6.45, 7) is 3.11. The molecule has 0 spiro atoms. The lowest BCUT2D eigenvalue weighted by Crippen LogP contribution is -2.23. The van der Waals surface area contributed by atoms with Crippen LogP contribution in [0, 0.1) is 0 Å². The molecule has 1 amide bonds. The van der Waals surface area contributed by atoms with Crippen LogP contribution in [0.4, 0.5) is 0 Å². The second kappa shape index (κ2) is 4.08. The molecule has 0 rings (SSSR count). The van der Waals surface area contributed by atoms with E-state index in [1.165, 1.54) is 6.92 Å². The molecule has 1 atom stereocenters. The van der Waals surface area contributed by atoms with Gasteiger partial charge in [-0.1, -0.05) is 0 Å². The summed E-state index contributed by atoms with van der Waals surface area (Å²) >= 11 is 0. The fourth-order valence-electron chi connectivity index (χ4n) is 0.353. The van der Waals surface area contributed by atoms with Crippen molar-refractivity contribution in [3.05, 3.63) is 0 Å². The number of amidine groups is 1. The summed E-state index contributed by atoms with van der Waals surface area (Å²) in [7, 11) is 3.57. The van der Waals surface area contributed by atoms with E-state index in [2.05, 4.69) is 4.99 Å². The van der Waals surface area contributed by atoms with Gasteiger partial charge in [-0.15, -0.1) is 0 Å². The maximum absolute atomic E-state index is 10.8. The van der Waals surface area contributed by atoms with Gasteiger partial charge in [0.2, 0.25) is 0 Å². The van der Waals surface area contributed by atoms with Crippen molar-refractivity contribution in [3.63, 3.8) is 0 Å². The first-order chi connectivity index (χ1) is 4.95. The highest BCUT2D eigenvalue weighted by molar-refractivity contribution is 5.94. The van der Waals surface area contributed by atoms with E-state index in [0.29, 0.717) is 5.84 Å². The maximum Gasteiger partial charge on any atom is 0.275 e. The zero-order valence-corrected chi connectivity index (χ0v) is 7.33. The molecular weight excluding hydrogens is 144 g/mol. The quantitative estimate of drug-likeness (QED) is 0.427. The van der Waals surface area contributed by atoms with E-state index in [4.69, 9.17) is 5.11 Å². The number of carbonyl (C=O) groups excluding carboxylic acids is 1. The largest absolute Gasteiger partial charge is 0.383 e. The minimum Gasteiger partial charge on any atom is -0.383 e. The molecular formula is C7H14N2O2. The van der Waals surface area contributed by atoms with E-state index < -0.39 is 12.0 Å². The summed E-state index contributed by atoms with van der Waals surface area (Å²) < 4.78 is 0. The van der Waals surface area contributed by atoms with Gasteiger partial charge in [-0.2, -0.15) is 4.99 Å². The molecule has 0 saturated carbocycles. The highest BCUT2D eigenvalue weighted by Gasteiger charge is 2.07. The Morgan fingerprint density at radius 3 is 2.27 bits per heavy atom. The zero-order valence-electron chi connectivity index (χ0n) is 7.33. The fourth-order valence-corrected chi connectivity index (χ4v) is 0.353. The van der Waals surface area contributed by atoms with Crippen LogP contribution in [0.5, 0.6) is 0 Å². The molecule has 4 nitrogen and oxygen atoms in total. The van der Waals surface area contributed by atoms with Gasteiger partial charge in [0.15, 0.2) is 0 Å². The summed E-state index contributed by atoms with van der Waals surface area (Å²) in [5.41, 5.74) is 0. The van der Waals surface area contributed by atoms with Crippen LogP contribution in [-0.4, -0.2) is 41.9 Å². The summed E-state index contributed by atoms with van der Waals surface area (Å²) in [5, 5.41) is 8.78. The number of hydrogen-bond acceptors (Lipinski definition) is 2. The first-order valence-corrected chi connectivity index (χ1v) is 3.39. The Bertz CT molecular complexity index is 173. The lowest BCUT2D eigenvalue weighted by Gasteiger charge is -2.10. The minimum atomic E-state index is -1.01. The smallest absolute Gasteiger partial charge is 0.275 e. The van der Waals surface area contributed by atoms with E-state index >= 15 is 0 Å². The molecule has 64 valence electrons. The Labute approximate surface area is 66.5 Å². The van der Waals surface area contributed by atoms with Gasteiger partial charge >= 0.3 is 0 Å². The Morgan fingerprint density at radius 2 is 2.00 bits per heavy atom. The van der Waals surface area contributed by atoms with Gasteiger partial charge < -0.3 is 10.0 Å². The Morgan fingerprint density at radius 1 is 1.55 bits per heavy atom. The van der Waals surface area contributed by atoms with Gasteiger partial charge in [0.1, 0.15) is 11.9 Å². The first-order valence-electron chi connectivity index (χ1n) is 3.39. The maximum atomic E-state index is 10.8. The molecule has 0 unspecified atom stereocenters. The number of aliphatic imine (C=N–C) groups is 1. The van der Waals surface area contributed by atoms with E-state index in [-0.39, 0.29) is 0 Å². The Balaban J connectivity index is 4.20. The van der Waals surface area contributed by atoms with Gasteiger partial charge in [0.25, 0.3) is 5.91 Å². The van der Waals surface area contributed by atoms with Crippen molar-refractivity contribution in [3.8, 4) is 0 Å². The van der Waals surface area contributed by atoms with Crippen LogP contribution < -0.4 is 0 Å². The van der Waals surface area contributed by atoms with Crippen LogP contribution in [0.1, 0.15) is 13.8 Å². The van der Waals surface area contributed by atoms with Crippen molar-refractivity contribution in [1.29, 1.82) is 0 Å². The van der Waals surface area contributed by atoms with E-state index in [9.17, 15) is 4.79 Å². The topological polar surface area (TPSA) is 52.9 Å². The molecule has 0 aliphatic heterocycles. The van der Waals surface area contributed by atoms with Crippen LogP contribution in [0.3, 0.4) is 0 Å². The van der Waals surface area contributed by atoms with E-state index in [1.54, 1.807) is 25.9 Å².